The van der Waals surface area contributed by atoms with E-state index in [-0.39, 0.29) is 11.8 Å². The summed E-state index contributed by atoms with van der Waals surface area (Å²) in [5.41, 5.74) is 0.723. The number of amides is 1. The SMILES string of the molecule is CC(C(=O)Nc1ccc(OCC(=O)O)c2ccccc12)C1CC1. The van der Waals surface area contributed by atoms with Gasteiger partial charge in [0.2, 0.25) is 5.91 Å². The number of ether oxygens (including phenoxy) is 1. The molecule has 0 aromatic heterocycles. The monoisotopic (exact) mass is 313 g/mol. The summed E-state index contributed by atoms with van der Waals surface area (Å²) in [6, 6.07) is 10.9. The van der Waals surface area contributed by atoms with Crippen molar-refractivity contribution in [3.63, 3.8) is 0 Å². The van der Waals surface area contributed by atoms with Gasteiger partial charge in [0, 0.05) is 22.4 Å². The number of carbonyl (C=O) groups is 2. The third kappa shape index (κ3) is 3.44. The minimum atomic E-state index is -1.02. The molecule has 1 aliphatic carbocycles. The topological polar surface area (TPSA) is 75.6 Å². The summed E-state index contributed by atoms with van der Waals surface area (Å²) in [6.45, 7) is 1.56. The van der Waals surface area contributed by atoms with Crippen LogP contribution in [0.4, 0.5) is 5.69 Å². The first-order chi connectivity index (χ1) is 11.1. The lowest BCUT2D eigenvalue weighted by Gasteiger charge is -2.15. The zero-order valence-corrected chi connectivity index (χ0v) is 12.9. The minimum Gasteiger partial charge on any atom is -0.481 e. The molecule has 0 bridgehead atoms. The molecule has 3 rings (SSSR count). The molecule has 2 aromatic carbocycles. The van der Waals surface area contributed by atoms with Crippen LogP contribution in [-0.4, -0.2) is 23.6 Å². The van der Waals surface area contributed by atoms with Gasteiger partial charge in [-0.15, -0.1) is 0 Å². The molecule has 23 heavy (non-hydrogen) atoms. The molecule has 1 fully saturated rings. The summed E-state index contributed by atoms with van der Waals surface area (Å²) in [7, 11) is 0. The van der Waals surface area contributed by atoms with Crippen LogP contribution in [0.15, 0.2) is 36.4 Å². The summed E-state index contributed by atoms with van der Waals surface area (Å²) < 4.78 is 5.32. The second-order valence-electron chi connectivity index (χ2n) is 5.95. The van der Waals surface area contributed by atoms with Crippen LogP contribution in [0.2, 0.25) is 0 Å². The lowest BCUT2D eigenvalue weighted by Crippen LogP contribution is -2.22. The van der Waals surface area contributed by atoms with E-state index in [0.29, 0.717) is 11.7 Å². The predicted octanol–water partition coefficient (Wildman–Crippen LogP) is 3.29. The van der Waals surface area contributed by atoms with Crippen molar-refractivity contribution >= 4 is 28.3 Å². The molecule has 1 unspecified atom stereocenters. The molecule has 5 nitrogen and oxygen atoms in total. The van der Waals surface area contributed by atoms with Gasteiger partial charge in [-0.3, -0.25) is 4.79 Å². The highest BCUT2D eigenvalue weighted by Crippen LogP contribution is 2.38. The molecule has 1 aliphatic rings. The molecular formula is C18H19NO4. The van der Waals surface area contributed by atoms with Crippen LogP contribution in [0, 0.1) is 11.8 Å². The van der Waals surface area contributed by atoms with E-state index in [1.807, 2.05) is 31.2 Å². The third-order valence-corrected chi connectivity index (χ3v) is 4.24. The van der Waals surface area contributed by atoms with Crippen LogP contribution < -0.4 is 10.1 Å². The lowest BCUT2D eigenvalue weighted by atomic mass is 10.0. The Balaban J connectivity index is 1.87. The number of benzene rings is 2. The first kappa shape index (κ1) is 15.3. The van der Waals surface area contributed by atoms with E-state index in [2.05, 4.69) is 5.32 Å². The lowest BCUT2D eigenvalue weighted by molar-refractivity contribution is -0.139. The summed E-state index contributed by atoms with van der Waals surface area (Å²) in [5.74, 6) is 0.00829. The van der Waals surface area contributed by atoms with Crippen molar-refractivity contribution in [2.24, 2.45) is 11.8 Å². The quantitative estimate of drug-likeness (QED) is 0.858. The Morgan fingerprint density at radius 1 is 1.22 bits per heavy atom. The van der Waals surface area contributed by atoms with Gasteiger partial charge >= 0.3 is 5.97 Å². The van der Waals surface area contributed by atoms with Crippen molar-refractivity contribution in [3.05, 3.63) is 36.4 Å². The molecule has 2 N–H and O–H groups in total. The van der Waals surface area contributed by atoms with Crippen LogP contribution >= 0.6 is 0 Å². The van der Waals surface area contributed by atoms with E-state index < -0.39 is 12.6 Å². The van der Waals surface area contributed by atoms with Crippen molar-refractivity contribution in [1.29, 1.82) is 0 Å². The number of hydrogen-bond donors (Lipinski definition) is 2. The van der Waals surface area contributed by atoms with Gasteiger partial charge in [0.25, 0.3) is 0 Å². The Morgan fingerprint density at radius 2 is 1.91 bits per heavy atom. The highest BCUT2D eigenvalue weighted by molar-refractivity contribution is 6.04. The molecule has 1 saturated carbocycles. The van der Waals surface area contributed by atoms with Crippen molar-refractivity contribution in [2.75, 3.05) is 11.9 Å². The van der Waals surface area contributed by atoms with Crippen LogP contribution in [0.3, 0.4) is 0 Å². The van der Waals surface area contributed by atoms with E-state index in [1.165, 1.54) is 0 Å². The van der Waals surface area contributed by atoms with Gasteiger partial charge in [0.15, 0.2) is 6.61 Å². The Labute approximate surface area is 134 Å². The highest BCUT2D eigenvalue weighted by Gasteiger charge is 2.32. The van der Waals surface area contributed by atoms with E-state index in [1.54, 1.807) is 12.1 Å². The number of carboxylic acids is 1. The molecule has 120 valence electrons. The van der Waals surface area contributed by atoms with E-state index in [9.17, 15) is 9.59 Å². The summed E-state index contributed by atoms with van der Waals surface area (Å²) in [4.78, 5) is 23.0. The van der Waals surface area contributed by atoms with E-state index >= 15 is 0 Å². The molecule has 1 atom stereocenters. The van der Waals surface area contributed by atoms with Crippen LogP contribution in [0.1, 0.15) is 19.8 Å². The second-order valence-corrected chi connectivity index (χ2v) is 5.95. The van der Waals surface area contributed by atoms with Crippen molar-refractivity contribution in [1.82, 2.24) is 0 Å². The molecule has 0 saturated heterocycles. The van der Waals surface area contributed by atoms with E-state index in [0.717, 1.165) is 29.3 Å². The van der Waals surface area contributed by atoms with Gasteiger partial charge < -0.3 is 15.2 Å². The number of hydrogen-bond acceptors (Lipinski definition) is 3. The average Bonchev–Trinajstić information content (AvgIpc) is 3.38. The fourth-order valence-corrected chi connectivity index (χ4v) is 2.70. The van der Waals surface area contributed by atoms with Crippen molar-refractivity contribution in [2.45, 2.75) is 19.8 Å². The Kier molecular flexibility index (Phi) is 4.19. The van der Waals surface area contributed by atoms with Crippen molar-refractivity contribution < 1.29 is 19.4 Å². The third-order valence-electron chi connectivity index (χ3n) is 4.24. The Hall–Kier alpha value is -2.56. The number of carbonyl (C=O) groups excluding carboxylic acids is 1. The van der Waals surface area contributed by atoms with E-state index in [4.69, 9.17) is 9.84 Å². The standard InChI is InChI=1S/C18H19NO4/c1-11(12-6-7-12)18(22)19-15-8-9-16(23-10-17(20)21)14-5-3-2-4-13(14)15/h2-5,8-9,11-12H,6-7,10H2,1H3,(H,19,22)(H,20,21). The maximum absolute atomic E-state index is 12.3. The first-order valence-electron chi connectivity index (χ1n) is 7.73. The number of nitrogens with one attached hydrogen (secondary N) is 1. The summed E-state index contributed by atoms with van der Waals surface area (Å²) in [5, 5.41) is 13.4. The maximum atomic E-state index is 12.3. The maximum Gasteiger partial charge on any atom is 0.341 e. The second kappa shape index (κ2) is 6.28. The first-order valence-corrected chi connectivity index (χ1v) is 7.73. The molecule has 0 aliphatic heterocycles. The normalized spacial score (nSPS) is 15.2. The fourth-order valence-electron chi connectivity index (χ4n) is 2.70. The largest absolute Gasteiger partial charge is 0.481 e. The predicted molar refractivity (Wildman–Crippen MR) is 87.6 cm³/mol. The molecule has 0 spiro atoms. The molecule has 1 amide bonds. The average molecular weight is 313 g/mol. The van der Waals surface area contributed by atoms with Crippen molar-refractivity contribution in [3.8, 4) is 5.75 Å². The van der Waals surface area contributed by atoms with Gasteiger partial charge in [-0.2, -0.15) is 0 Å². The van der Waals surface area contributed by atoms with Crippen LogP contribution in [-0.2, 0) is 9.59 Å². The molecular weight excluding hydrogens is 294 g/mol. The smallest absolute Gasteiger partial charge is 0.341 e. The number of carboxylic acid groups (broad SMARTS) is 1. The van der Waals surface area contributed by atoms with Crippen LogP contribution in [0.25, 0.3) is 10.8 Å². The molecule has 0 heterocycles. The van der Waals surface area contributed by atoms with Gasteiger partial charge in [-0.05, 0) is 30.9 Å². The van der Waals surface area contributed by atoms with Gasteiger partial charge in [0.1, 0.15) is 5.75 Å². The molecule has 5 heteroatoms. The fraction of sp³-hybridized carbons (Fsp3) is 0.333. The van der Waals surface area contributed by atoms with Gasteiger partial charge in [0.05, 0.1) is 0 Å². The molecule has 0 radical (unpaired) electrons. The zero-order chi connectivity index (χ0) is 16.4. The Bertz CT molecular complexity index is 752. The summed E-state index contributed by atoms with van der Waals surface area (Å²) in [6.07, 6.45) is 2.24. The minimum absolute atomic E-state index is 0.0108. The number of fused-ring (bicyclic) bond motifs is 1. The number of anilines is 1. The number of rotatable bonds is 6. The van der Waals surface area contributed by atoms with Crippen LogP contribution in [0.5, 0.6) is 5.75 Å². The summed E-state index contributed by atoms with van der Waals surface area (Å²) >= 11 is 0. The van der Waals surface area contributed by atoms with Gasteiger partial charge in [-0.1, -0.05) is 31.2 Å². The highest BCUT2D eigenvalue weighted by atomic mass is 16.5. The van der Waals surface area contributed by atoms with Gasteiger partial charge in [-0.25, -0.2) is 4.79 Å². The number of aliphatic carboxylic acids is 1. The zero-order valence-electron chi connectivity index (χ0n) is 12.9. The Morgan fingerprint density at radius 3 is 2.57 bits per heavy atom. The molecule has 2 aromatic rings.